The van der Waals surface area contributed by atoms with Crippen LogP contribution in [0.2, 0.25) is 5.02 Å². The van der Waals surface area contributed by atoms with Crippen LogP contribution < -0.4 is 5.32 Å². The molecule has 1 atom stereocenters. The SMILES string of the molecule is CCNC(CCC(C)C)c1scc(C)c1Cl. The van der Waals surface area contributed by atoms with E-state index in [0.29, 0.717) is 6.04 Å². The van der Waals surface area contributed by atoms with Gasteiger partial charge in [-0.2, -0.15) is 0 Å². The summed E-state index contributed by atoms with van der Waals surface area (Å²) in [6, 6.07) is 0.429. The smallest absolute Gasteiger partial charge is 0.0590 e. The van der Waals surface area contributed by atoms with E-state index in [4.69, 9.17) is 11.6 Å². The molecule has 0 bridgehead atoms. The Labute approximate surface area is 108 Å². The Kier molecular flexibility index (Phi) is 5.81. The Balaban J connectivity index is 2.72. The summed E-state index contributed by atoms with van der Waals surface area (Å²) < 4.78 is 0. The van der Waals surface area contributed by atoms with E-state index < -0.39 is 0 Å². The van der Waals surface area contributed by atoms with Gasteiger partial charge in [0.1, 0.15) is 0 Å². The maximum atomic E-state index is 6.32. The molecule has 1 unspecified atom stereocenters. The molecule has 0 saturated carbocycles. The highest BCUT2D eigenvalue weighted by atomic mass is 35.5. The molecule has 1 aromatic rings. The summed E-state index contributed by atoms with van der Waals surface area (Å²) in [7, 11) is 0. The minimum Gasteiger partial charge on any atom is -0.309 e. The van der Waals surface area contributed by atoms with E-state index in [-0.39, 0.29) is 0 Å². The topological polar surface area (TPSA) is 12.0 Å². The molecule has 0 radical (unpaired) electrons. The number of hydrogen-bond acceptors (Lipinski definition) is 2. The zero-order valence-electron chi connectivity index (χ0n) is 10.6. The molecule has 0 amide bonds. The van der Waals surface area contributed by atoms with Crippen LogP contribution in [-0.2, 0) is 0 Å². The fourth-order valence-electron chi connectivity index (χ4n) is 1.76. The van der Waals surface area contributed by atoms with Crippen LogP contribution in [0.15, 0.2) is 5.38 Å². The van der Waals surface area contributed by atoms with E-state index in [2.05, 4.69) is 38.4 Å². The van der Waals surface area contributed by atoms with Crippen molar-refractivity contribution in [3.8, 4) is 0 Å². The van der Waals surface area contributed by atoms with Crippen molar-refractivity contribution in [3.63, 3.8) is 0 Å². The largest absolute Gasteiger partial charge is 0.309 e. The summed E-state index contributed by atoms with van der Waals surface area (Å²) in [5.74, 6) is 0.751. The van der Waals surface area contributed by atoms with Crippen LogP contribution in [0.3, 0.4) is 0 Å². The third-order valence-electron chi connectivity index (χ3n) is 2.72. The first-order chi connectivity index (χ1) is 7.56. The second kappa shape index (κ2) is 6.63. The molecule has 1 N–H and O–H groups in total. The maximum absolute atomic E-state index is 6.32. The molecule has 3 heteroatoms. The fourth-order valence-corrected chi connectivity index (χ4v) is 3.19. The van der Waals surface area contributed by atoms with E-state index in [9.17, 15) is 0 Å². The third-order valence-corrected chi connectivity index (χ3v) is 4.55. The van der Waals surface area contributed by atoms with Gasteiger partial charge in [-0.15, -0.1) is 11.3 Å². The van der Waals surface area contributed by atoms with Crippen molar-refractivity contribution in [1.82, 2.24) is 5.32 Å². The van der Waals surface area contributed by atoms with Gasteiger partial charge in [-0.05, 0) is 43.2 Å². The average molecular weight is 260 g/mol. The van der Waals surface area contributed by atoms with Crippen molar-refractivity contribution in [2.24, 2.45) is 5.92 Å². The Bertz CT molecular complexity index is 320. The van der Waals surface area contributed by atoms with Gasteiger partial charge < -0.3 is 5.32 Å². The van der Waals surface area contributed by atoms with Crippen LogP contribution in [0.5, 0.6) is 0 Å². The molecule has 0 aliphatic heterocycles. The van der Waals surface area contributed by atoms with E-state index in [1.165, 1.54) is 23.3 Å². The van der Waals surface area contributed by atoms with Crippen molar-refractivity contribution in [3.05, 3.63) is 20.8 Å². The van der Waals surface area contributed by atoms with Gasteiger partial charge in [-0.3, -0.25) is 0 Å². The first-order valence-corrected chi connectivity index (χ1v) is 7.28. The first-order valence-electron chi connectivity index (χ1n) is 6.03. The van der Waals surface area contributed by atoms with E-state index >= 15 is 0 Å². The molecule has 0 aliphatic rings. The third kappa shape index (κ3) is 3.76. The molecule has 1 aromatic heterocycles. The van der Waals surface area contributed by atoms with E-state index in [0.717, 1.165) is 17.5 Å². The lowest BCUT2D eigenvalue weighted by molar-refractivity contribution is 0.453. The molecule has 1 rings (SSSR count). The van der Waals surface area contributed by atoms with E-state index in [1.54, 1.807) is 11.3 Å². The fraction of sp³-hybridized carbons (Fsp3) is 0.692. The molecule has 0 aromatic carbocycles. The highest BCUT2D eigenvalue weighted by molar-refractivity contribution is 7.10. The first kappa shape index (κ1) is 14.0. The molecule has 1 nitrogen and oxygen atoms in total. The number of hydrogen-bond donors (Lipinski definition) is 1. The lowest BCUT2D eigenvalue weighted by Gasteiger charge is -2.18. The van der Waals surface area contributed by atoms with Crippen molar-refractivity contribution in [1.29, 1.82) is 0 Å². The summed E-state index contributed by atoms with van der Waals surface area (Å²) >= 11 is 8.11. The summed E-state index contributed by atoms with van der Waals surface area (Å²) in [6.07, 6.45) is 2.41. The average Bonchev–Trinajstić information content (AvgIpc) is 2.55. The summed E-state index contributed by atoms with van der Waals surface area (Å²) in [4.78, 5) is 1.31. The minimum atomic E-state index is 0.429. The van der Waals surface area contributed by atoms with Crippen LogP contribution in [0.25, 0.3) is 0 Å². The van der Waals surface area contributed by atoms with Crippen LogP contribution >= 0.6 is 22.9 Å². The highest BCUT2D eigenvalue weighted by Crippen LogP contribution is 2.34. The van der Waals surface area contributed by atoms with Gasteiger partial charge in [0.15, 0.2) is 0 Å². The zero-order chi connectivity index (χ0) is 12.1. The van der Waals surface area contributed by atoms with Gasteiger partial charge in [-0.1, -0.05) is 32.4 Å². The van der Waals surface area contributed by atoms with Crippen LogP contribution in [0.4, 0.5) is 0 Å². The summed E-state index contributed by atoms with van der Waals surface area (Å²) in [5, 5.41) is 6.64. The lowest BCUT2D eigenvalue weighted by atomic mass is 10.0. The number of aryl methyl sites for hydroxylation is 1. The second-order valence-electron chi connectivity index (χ2n) is 4.68. The van der Waals surface area contributed by atoms with Crippen molar-refractivity contribution in [2.45, 2.75) is 46.6 Å². The van der Waals surface area contributed by atoms with Crippen LogP contribution in [-0.4, -0.2) is 6.54 Å². The molecule has 0 saturated heterocycles. The monoisotopic (exact) mass is 259 g/mol. The van der Waals surface area contributed by atoms with Crippen LogP contribution in [0, 0.1) is 12.8 Å². The molecule has 0 fully saturated rings. The van der Waals surface area contributed by atoms with E-state index in [1.807, 2.05) is 0 Å². The molecule has 0 aliphatic carbocycles. The molecule has 1 heterocycles. The van der Waals surface area contributed by atoms with Crippen molar-refractivity contribution in [2.75, 3.05) is 6.54 Å². The number of thiophene rings is 1. The summed E-state index contributed by atoms with van der Waals surface area (Å²) in [6.45, 7) is 9.76. The van der Waals surface area contributed by atoms with Gasteiger partial charge in [0.05, 0.1) is 5.02 Å². The second-order valence-corrected chi connectivity index (χ2v) is 5.97. The van der Waals surface area contributed by atoms with Crippen molar-refractivity contribution < 1.29 is 0 Å². The molecule has 92 valence electrons. The molecule has 0 spiro atoms. The van der Waals surface area contributed by atoms with Gasteiger partial charge in [-0.25, -0.2) is 0 Å². The summed E-state index contributed by atoms with van der Waals surface area (Å²) in [5.41, 5.74) is 1.20. The predicted octanol–water partition coefficient (Wildman–Crippen LogP) is 4.80. The van der Waals surface area contributed by atoms with Crippen molar-refractivity contribution >= 4 is 22.9 Å². The Morgan fingerprint density at radius 3 is 2.50 bits per heavy atom. The van der Waals surface area contributed by atoms with Gasteiger partial charge in [0.25, 0.3) is 0 Å². The standard InChI is InChI=1S/C13H22ClNS/c1-5-15-11(7-6-9(2)3)13-12(14)10(4)8-16-13/h8-9,11,15H,5-7H2,1-4H3. The number of rotatable bonds is 6. The Morgan fingerprint density at radius 1 is 1.38 bits per heavy atom. The Hall–Kier alpha value is -0.0500. The molecular weight excluding hydrogens is 238 g/mol. The quantitative estimate of drug-likeness (QED) is 0.774. The minimum absolute atomic E-state index is 0.429. The molecular formula is C13H22ClNS. The highest BCUT2D eigenvalue weighted by Gasteiger charge is 2.17. The maximum Gasteiger partial charge on any atom is 0.0590 e. The number of nitrogens with one attached hydrogen (secondary N) is 1. The van der Waals surface area contributed by atoms with Gasteiger partial charge in [0, 0.05) is 10.9 Å². The normalized spacial score (nSPS) is 13.4. The molecule has 16 heavy (non-hydrogen) atoms. The van der Waals surface area contributed by atoms with Gasteiger partial charge in [0.2, 0.25) is 0 Å². The number of halogens is 1. The van der Waals surface area contributed by atoms with Crippen LogP contribution in [0.1, 0.15) is 50.1 Å². The lowest BCUT2D eigenvalue weighted by Crippen LogP contribution is -2.20. The Morgan fingerprint density at radius 2 is 2.06 bits per heavy atom. The predicted molar refractivity (Wildman–Crippen MR) is 74.6 cm³/mol. The zero-order valence-corrected chi connectivity index (χ0v) is 12.2. The van der Waals surface area contributed by atoms with Gasteiger partial charge >= 0.3 is 0 Å².